The molecule has 5 heteroatoms. The fraction of sp³-hybridized carbons (Fsp3) is 0.441. The molecule has 0 fully saturated rings. The molecule has 0 N–H and O–H groups in total. The molecule has 0 bridgehead atoms. The smallest absolute Gasteiger partial charge is 0.254 e. The van der Waals surface area contributed by atoms with Crippen LogP contribution in [0.4, 0.5) is 0 Å². The van der Waals surface area contributed by atoms with Crippen molar-refractivity contribution in [1.29, 1.82) is 0 Å². The number of carbonyl (C=O) groups is 1. The van der Waals surface area contributed by atoms with Gasteiger partial charge >= 0.3 is 0 Å². The Morgan fingerprint density at radius 3 is 1.85 bits per heavy atom. The molecule has 210 valence electrons. The molecule has 3 rings (SSSR count). The number of rotatable bonds is 18. The highest BCUT2D eigenvalue weighted by Crippen LogP contribution is 2.22. The minimum absolute atomic E-state index is 0.0469. The van der Waals surface area contributed by atoms with Crippen LogP contribution in [0.5, 0.6) is 17.2 Å². The molecule has 0 aliphatic heterocycles. The van der Waals surface area contributed by atoms with Gasteiger partial charge in [-0.3, -0.25) is 4.79 Å². The molecule has 0 aliphatic carbocycles. The van der Waals surface area contributed by atoms with Crippen LogP contribution in [-0.4, -0.2) is 48.5 Å². The van der Waals surface area contributed by atoms with Gasteiger partial charge in [0.1, 0.15) is 17.2 Å². The maximum absolute atomic E-state index is 13.7. The van der Waals surface area contributed by atoms with E-state index in [1.54, 1.807) is 0 Å². The van der Waals surface area contributed by atoms with Gasteiger partial charge in [-0.1, -0.05) is 70.4 Å². The molecule has 0 aliphatic rings. The summed E-state index contributed by atoms with van der Waals surface area (Å²) in [6.07, 6.45) is 6.83. The highest BCUT2D eigenvalue weighted by atomic mass is 16.5. The lowest BCUT2D eigenvalue weighted by Crippen LogP contribution is -2.39. The molecule has 0 saturated heterocycles. The van der Waals surface area contributed by atoms with E-state index in [0.29, 0.717) is 25.3 Å². The molecule has 5 nitrogen and oxygen atoms in total. The van der Waals surface area contributed by atoms with Crippen molar-refractivity contribution < 1.29 is 14.3 Å². The van der Waals surface area contributed by atoms with Gasteiger partial charge in [0.05, 0.1) is 6.61 Å². The summed E-state index contributed by atoms with van der Waals surface area (Å²) in [5, 5.41) is 0. The quantitative estimate of drug-likeness (QED) is 0.155. The van der Waals surface area contributed by atoms with Crippen LogP contribution in [0.2, 0.25) is 0 Å². The zero-order chi connectivity index (χ0) is 27.7. The fourth-order valence-electron chi connectivity index (χ4n) is 4.33. The first-order chi connectivity index (χ1) is 19.1. The molecule has 0 heterocycles. The fourth-order valence-corrected chi connectivity index (χ4v) is 4.33. The molecule has 0 atom stereocenters. The van der Waals surface area contributed by atoms with Crippen molar-refractivity contribution in [3.63, 3.8) is 0 Å². The van der Waals surface area contributed by atoms with E-state index >= 15 is 0 Å². The van der Waals surface area contributed by atoms with Crippen molar-refractivity contribution in [2.75, 3.05) is 32.8 Å². The van der Waals surface area contributed by atoms with E-state index < -0.39 is 0 Å². The average Bonchev–Trinajstić information content (AvgIpc) is 2.97. The minimum Gasteiger partial charge on any atom is -0.494 e. The molecular formula is C34H46N2O3. The Morgan fingerprint density at radius 1 is 0.641 bits per heavy atom. The highest BCUT2D eigenvalue weighted by molar-refractivity contribution is 5.94. The Balaban J connectivity index is 1.71. The van der Waals surface area contributed by atoms with E-state index in [0.717, 1.165) is 55.3 Å². The molecule has 3 aromatic rings. The van der Waals surface area contributed by atoms with Crippen molar-refractivity contribution in [1.82, 2.24) is 9.80 Å². The topological polar surface area (TPSA) is 42.0 Å². The number of ether oxygens (including phenoxy) is 2. The number of nitrogens with zero attached hydrogens (tertiary/aromatic N) is 2. The third-order valence-corrected chi connectivity index (χ3v) is 6.77. The summed E-state index contributed by atoms with van der Waals surface area (Å²) in [7, 11) is 0. The molecular weight excluding hydrogens is 484 g/mol. The van der Waals surface area contributed by atoms with Gasteiger partial charge in [-0.05, 0) is 86.4 Å². The van der Waals surface area contributed by atoms with Crippen molar-refractivity contribution in [2.24, 2.45) is 0 Å². The van der Waals surface area contributed by atoms with E-state index in [9.17, 15) is 4.79 Å². The van der Waals surface area contributed by atoms with E-state index in [1.807, 2.05) is 71.6 Å². The molecule has 0 radical (unpaired) electrons. The second-order valence-electron chi connectivity index (χ2n) is 10.1. The van der Waals surface area contributed by atoms with Gasteiger partial charge < -0.3 is 19.3 Å². The number of hydrogen-bond donors (Lipinski definition) is 0. The Kier molecular flexibility index (Phi) is 13.4. The average molecular weight is 531 g/mol. The molecule has 0 spiro atoms. The first kappa shape index (κ1) is 30.2. The van der Waals surface area contributed by atoms with Gasteiger partial charge in [-0.15, -0.1) is 0 Å². The summed E-state index contributed by atoms with van der Waals surface area (Å²) in [4.78, 5) is 18.2. The standard InChI is InChI=1S/C34H46N2O3/c1-4-7-23-35(24-8-5-2)25-26-36(34(37)30-17-21-31(22-18-30)38-27-9-6-3)28-29-15-19-33(20-16-29)39-32-13-11-10-12-14-32/h10-22H,4-9,23-28H2,1-3H3. The monoisotopic (exact) mass is 530 g/mol. The summed E-state index contributed by atoms with van der Waals surface area (Å²) in [5.41, 5.74) is 1.77. The van der Waals surface area contributed by atoms with Gasteiger partial charge in [0.25, 0.3) is 5.91 Å². The molecule has 1 amide bonds. The zero-order valence-electron chi connectivity index (χ0n) is 24.1. The van der Waals surface area contributed by atoms with Crippen LogP contribution in [-0.2, 0) is 6.54 Å². The molecule has 0 unspecified atom stereocenters. The van der Waals surface area contributed by atoms with Crippen LogP contribution in [0.25, 0.3) is 0 Å². The van der Waals surface area contributed by atoms with Crippen molar-refractivity contribution >= 4 is 5.91 Å². The molecule has 0 aromatic heterocycles. The van der Waals surface area contributed by atoms with Gasteiger partial charge in [-0.25, -0.2) is 0 Å². The van der Waals surface area contributed by atoms with E-state index in [-0.39, 0.29) is 5.91 Å². The minimum atomic E-state index is 0.0469. The van der Waals surface area contributed by atoms with Crippen LogP contribution in [0.15, 0.2) is 78.9 Å². The number of benzene rings is 3. The first-order valence-electron chi connectivity index (χ1n) is 14.7. The summed E-state index contributed by atoms with van der Waals surface area (Å²) in [6, 6.07) is 25.4. The number of para-hydroxylation sites is 1. The Bertz CT molecular complexity index is 1060. The van der Waals surface area contributed by atoms with E-state index in [2.05, 4.69) is 37.8 Å². The number of carbonyl (C=O) groups excluding carboxylic acids is 1. The van der Waals surface area contributed by atoms with Gasteiger partial charge in [0.2, 0.25) is 0 Å². The zero-order valence-corrected chi connectivity index (χ0v) is 24.1. The van der Waals surface area contributed by atoms with Crippen molar-refractivity contribution in [3.8, 4) is 17.2 Å². The predicted molar refractivity (Wildman–Crippen MR) is 161 cm³/mol. The predicted octanol–water partition coefficient (Wildman–Crippen LogP) is 8.20. The lowest BCUT2D eigenvalue weighted by atomic mass is 10.1. The second-order valence-corrected chi connectivity index (χ2v) is 10.1. The lowest BCUT2D eigenvalue weighted by Gasteiger charge is -2.28. The molecule has 0 saturated carbocycles. The van der Waals surface area contributed by atoms with Crippen molar-refractivity contribution in [2.45, 2.75) is 65.8 Å². The van der Waals surface area contributed by atoms with Crippen LogP contribution in [0, 0.1) is 0 Å². The summed E-state index contributed by atoms with van der Waals surface area (Å²) in [5.74, 6) is 2.45. The van der Waals surface area contributed by atoms with Gasteiger partial charge in [0, 0.05) is 25.2 Å². The van der Waals surface area contributed by atoms with Crippen molar-refractivity contribution in [3.05, 3.63) is 90.0 Å². The highest BCUT2D eigenvalue weighted by Gasteiger charge is 2.18. The third kappa shape index (κ3) is 10.8. The number of amides is 1. The molecule has 39 heavy (non-hydrogen) atoms. The molecule has 3 aromatic carbocycles. The number of hydrogen-bond acceptors (Lipinski definition) is 4. The maximum Gasteiger partial charge on any atom is 0.254 e. The normalized spacial score (nSPS) is 11.0. The second kappa shape index (κ2) is 17.3. The Morgan fingerprint density at radius 2 is 1.23 bits per heavy atom. The van der Waals surface area contributed by atoms with E-state index in [4.69, 9.17) is 9.47 Å². The lowest BCUT2D eigenvalue weighted by molar-refractivity contribution is 0.0720. The largest absolute Gasteiger partial charge is 0.494 e. The van der Waals surface area contributed by atoms with Gasteiger partial charge in [0.15, 0.2) is 0 Å². The van der Waals surface area contributed by atoms with Crippen LogP contribution in [0.3, 0.4) is 0 Å². The van der Waals surface area contributed by atoms with E-state index in [1.165, 1.54) is 25.7 Å². The van der Waals surface area contributed by atoms with Crippen LogP contribution in [0.1, 0.15) is 75.2 Å². The SMILES string of the molecule is CCCCOc1ccc(C(=O)N(CCN(CCCC)CCCC)Cc2ccc(Oc3ccccc3)cc2)cc1. The van der Waals surface area contributed by atoms with Crippen LogP contribution < -0.4 is 9.47 Å². The first-order valence-corrected chi connectivity index (χ1v) is 14.7. The Hall–Kier alpha value is -3.31. The third-order valence-electron chi connectivity index (χ3n) is 6.77. The van der Waals surface area contributed by atoms with Crippen LogP contribution >= 0.6 is 0 Å². The summed E-state index contributed by atoms with van der Waals surface area (Å²) in [6.45, 7) is 11.6. The van der Waals surface area contributed by atoms with Gasteiger partial charge in [-0.2, -0.15) is 0 Å². The summed E-state index contributed by atoms with van der Waals surface area (Å²) < 4.78 is 11.8. The summed E-state index contributed by atoms with van der Waals surface area (Å²) >= 11 is 0. The Labute approximate surface area is 235 Å². The number of unbranched alkanes of at least 4 members (excludes halogenated alkanes) is 3. The maximum atomic E-state index is 13.7.